The summed E-state index contributed by atoms with van der Waals surface area (Å²) in [5, 5.41) is 0.357. The van der Waals surface area contributed by atoms with Crippen molar-refractivity contribution >= 4 is 16.9 Å². The van der Waals surface area contributed by atoms with Crippen molar-refractivity contribution in [1.29, 1.82) is 0 Å². The molecule has 2 aromatic heterocycles. The molecule has 28 heavy (non-hydrogen) atoms. The normalized spacial score (nSPS) is 16.0. The average Bonchev–Trinajstić information content (AvgIpc) is 3.23. The summed E-state index contributed by atoms with van der Waals surface area (Å²) in [5.74, 6) is -0.224. The maximum Gasteiger partial charge on any atom is 0.312 e. The lowest BCUT2D eigenvalue weighted by Crippen LogP contribution is -2.21. The maximum absolute atomic E-state index is 13.2. The molecule has 138 valence electrons. The SMILES string of the molecule is O=C1CC(c2ccco2)c2c(ccc3c(=O)c(-c4ccc(F)cc4)coc23)O1. The molecule has 0 aliphatic carbocycles. The third kappa shape index (κ3) is 2.53. The number of rotatable bonds is 2. The van der Waals surface area contributed by atoms with Crippen molar-refractivity contribution in [3.8, 4) is 16.9 Å². The smallest absolute Gasteiger partial charge is 0.312 e. The molecule has 0 saturated heterocycles. The molecule has 0 fully saturated rings. The minimum atomic E-state index is -0.408. The van der Waals surface area contributed by atoms with Gasteiger partial charge in [0.2, 0.25) is 5.43 Å². The zero-order valence-electron chi connectivity index (χ0n) is 14.5. The molecular formula is C22H13FO5. The molecule has 0 spiro atoms. The Hall–Kier alpha value is -3.67. The highest BCUT2D eigenvalue weighted by Gasteiger charge is 2.33. The first-order chi connectivity index (χ1) is 13.6. The molecule has 5 nitrogen and oxygen atoms in total. The molecule has 0 bridgehead atoms. The summed E-state index contributed by atoms with van der Waals surface area (Å²) in [5.41, 5.74) is 1.60. The van der Waals surface area contributed by atoms with Crippen LogP contribution in [0, 0.1) is 5.82 Å². The first-order valence-electron chi connectivity index (χ1n) is 8.70. The monoisotopic (exact) mass is 376 g/mol. The molecule has 6 heteroatoms. The highest BCUT2D eigenvalue weighted by atomic mass is 19.1. The van der Waals surface area contributed by atoms with Crippen molar-refractivity contribution in [2.45, 2.75) is 12.3 Å². The lowest BCUT2D eigenvalue weighted by Gasteiger charge is -2.23. The van der Waals surface area contributed by atoms with Crippen LogP contribution in [0.15, 0.2) is 74.7 Å². The Morgan fingerprint density at radius 1 is 0.964 bits per heavy atom. The van der Waals surface area contributed by atoms with Gasteiger partial charge in [0.25, 0.3) is 0 Å². The van der Waals surface area contributed by atoms with Crippen LogP contribution in [-0.4, -0.2) is 5.97 Å². The predicted octanol–water partition coefficient (Wildman–Crippen LogP) is 4.63. The summed E-state index contributed by atoms with van der Waals surface area (Å²) in [6.45, 7) is 0. The number of hydrogen-bond acceptors (Lipinski definition) is 5. The van der Waals surface area contributed by atoms with Crippen LogP contribution in [0.1, 0.15) is 23.7 Å². The van der Waals surface area contributed by atoms with Crippen LogP contribution >= 0.6 is 0 Å². The number of furan rings is 1. The Morgan fingerprint density at radius 3 is 2.54 bits per heavy atom. The van der Waals surface area contributed by atoms with Crippen LogP contribution in [0.2, 0.25) is 0 Å². The molecule has 0 saturated carbocycles. The van der Waals surface area contributed by atoms with Crippen LogP contribution in [0.25, 0.3) is 22.1 Å². The number of carbonyl (C=O) groups is 1. The van der Waals surface area contributed by atoms with E-state index in [9.17, 15) is 14.0 Å². The van der Waals surface area contributed by atoms with Crippen molar-refractivity contribution in [1.82, 2.24) is 0 Å². The van der Waals surface area contributed by atoms with Gasteiger partial charge in [-0.25, -0.2) is 4.39 Å². The Balaban J connectivity index is 1.74. The van der Waals surface area contributed by atoms with Gasteiger partial charge in [0.15, 0.2) is 0 Å². The molecule has 1 atom stereocenters. The summed E-state index contributed by atoms with van der Waals surface area (Å²) in [7, 11) is 0. The van der Waals surface area contributed by atoms with E-state index in [1.165, 1.54) is 36.8 Å². The second kappa shape index (κ2) is 6.20. The molecule has 1 unspecified atom stereocenters. The average molecular weight is 376 g/mol. The molecule has 3 heterocycles. The van der Waals surface area contributed by atoms with E-state index in [0.29, 0.717) is 39.2 Å². The lowest BCUT2D eigenvalue weighted by molar-refractivity contribution is -0.135. The van der Waals surface area contributed by atoms with Gasteiger partial charge in [0.05, 0.1) is 29.6 Å². The number of ether oxygens (including phenoxy) is 1. The summed E-state index contributed by atoms with van der Waals surface area (Å²) >= 11 is 0. The predicted molar refractivity (Wildman–Crippen MR) is 98.7 cm³/mol. The highest BCUT2D eigenvalue weighted by molar-refractivity contribution is 5.90. The van der Waals surface area contributed by atoms with E-state index < -0.39 is 5.92 Å². The highest BCUT2D eigenvalue weighted by Crippen LogP contribution is 2.42. The molecular weight excluding hydrogens is 363 g/mol. The van der Waals surface area contributed by atoms with Crippen molar-refractivity contribution < 1.29 is 22.8 Å². The van der Waals surface area contributed by atoms with Crippen molar-refractivity contribution in [2.24, 2.45) is 0 Å². The van der Waals surface area contributed by atoms with Gasteiger partial charge < -0.3 is 13.6 Å². The number of benzene rings is 2. The Bertz CT molecular complexity index is 1250. The standard InChI is InChI=1S/C22H13FO5/c23-13-5-3-12(4-6-13)16-11-27-22-14(21(16)25)7-8-18-20(22)15(10-19(24)28-18)17-2-1-9-26-17/h1-9,11,15H,10H2. The van der Waals surface area contributed by atoms with Gasteiger partial charge in [-0.3, -0.25) is 9.59 Å². The first kappa shape index (κ1) is 16.5. The third-order valence-electron chi connectivity index (χ3n) is 4.92. The largest absolute Gasteiger partial charge is 0.469 e. The van der Waals surface area contributed by atoms with Gasteiger partial charge >= 0.3 is 5.97 Å². The molecule has 1 aliphatic rings. The van der Waals surface area contributed by atoms with Gasteiger partial charge in [-0.05, 0) is 42.0 Å². The number of carbonyl (C=O) groups excluding carboxylic acids is 1. The Morgan fingerprint density at radius 2 is 1.79 bits per heavy atom. The fourth-order valence-electron chi connectivity index (χ4n) is 3.62. The fraction of sp³-hybridized carbons (Fsp3) is 0.0909. The van der Waals surface area contributed by atoms with E-state index in [2.05, 4.69) is 0 Å². The fourth-order valence-corrected chi connectivity index (χ4v) is 3.62. The van der Waals surface area contributed by atoms with Crippen molar-refractivity contribution in [3.63, 3.8) is 0 Å². The Kier molecular flexibility index (Phi) is 3.65. The van der Waals surface area contributed by atoms with Gasteiger partial charge in [-0.1, -0.05) is 12.1 Å². The lowest BCUT2D eigenvalue weighted by atomic mass is 9.88. The van der Waals surface area contributed by atoms with E-state index in [0.717, 1.165) is 0 Å². The molecule has 0 radical (unpaired) electrons. The van der Waals surface area contributed by atoms with Gasteiger partial charge in [0, 0.05) is 5.56 Å². The molecule has 0 amide bonds. The molecule has 2 aromatic carbocycles. The van der Waals surface area contributed by atoms with Gasteiger partial charge in [-0.2, -0.15) is 0 Å². The summed E-state index contributed by atoms with van der Waals surface area (Å²) < 4.78 is 29.9. The quantitative estimate of drug-likeness (QED) is 0.377. The number of esters is 1. The van der Waals surface area contributed by atoms with Gasteiger partial charge in [0.1, 0.15) is 29.2 Å². The van der Waals surface area contributed by atoms with Crippen LogP contribution in [0.4, 0.5) is 4.39 Å². The second-order valence-corrected chi connectivity index (χ2v) is 6.59. The first-order valence-corrected chi connectivity index (χ1v) is 8.70. The zero-order chi connectivity index (χ0) is 19.3. The minimum absolute atomic E-state index is 0.0864. The van der Waals surface area contributed by atoms with Crippen LogP contribution in [0.3, 0.4) is 0 Å². The van der Waals surface area contributed by atoms with E-state index in [-0.39, 0.29) is 23.6 Å². The topological polar surface area (TPSA) is 69.7 Å². The number of fused-ring (bicyclic) bond motifs is 3. The van der Waals surface area contributed by atoms with E-state index in [4.69, 9.17) is 13.6 Å². The number of hydrogen-bond donors (Lipinski definition) is 0. The summed E-state index contributed by atoms with van der Waals surface area (Å²) in [6.07, 6.45) is 2.97. The summed E-state index contributed by atoms with van der Waals surface area (Å²) in [4.78, 5) is 25.1. The second-order valence-electron chi connectivity index (χ2n) is 6.59. The molecule has 5 rings (SSSR count). The summed E-state index contributed by atoms with van der Waals surface area (Å²) in [6, 6.07) is 12.3. The van der Waals surface area contributed by atoms with Gasteiger partial charge in [-0.15, -0.1) is 0 Å². The Labute approximate surface area is 158 Å². The van der Waals surface area contributed by atoms with Crippen LogP contribution in [0.5, 0.6) is 5.75 Å². The van der Waals surface area contributed by atoms with E-state index >= 15 is 0 Å². The van der Waals surface area contributed by atoms with Crippen molar-refractivity contribution in [2.75, 3.05) is 0 Å². The van der Waals surface area contributed by atoms with Crippen molar-refractivity contribution in [3.05, 3.63) is 88.4 Å². The van der Waals surface area contributed by atoms with Crippen LogP contribution in [-0.2, 0) is 4.79 Å². The molecule has 1 aliphatic heterocycles. The molecule has 0 N–H and O–H groups in total. The third-order valence-corrected chi connectivity index (χ3v) is 4.92. The zero-order valence-corrected chi connectivity index (χ0v) is 14.5. The van der Waals surface area contributed by atoms with Crippen LogP contribution < -0.4 is 10.2 Å². The maximum atomic E-state index is 13.2. The van der Waals surface area contributed by atoms with E-state index in [1.807, 2.05) is 0 Å². The number of halogens is 1. The minimum Gasteiger partial charge on any atom is -0.469 e. The molecule has 4 aromatic rings. The van der Waals surface area contributed by atoms with E-state index in [1.54, 1.807) is 24.3 Å².